The molecule has 1 N–H and O–H groups in total. The van der Waals surface area contributed by atoms with Crippen LogP contribution < -0.4 is 5.32 Å². The van der Waals surface area contributed by atoms with Crippen molar-refractivity contribution < 1.29 is 4.74 Å². The molecule has 1 aromatic heterocycles. The maximum Gasteiger partial charge on any atom is 0.131 e. The lowest BCUT2D eigenvalue weighted by molar-refractivity contribution is 0.110. The fourth-order valence-electron chi connectivity index (χ4n) is 2.71. The minimum Gasteiger partial charge on any atom is -0.378 e. The average Bonchev–Trinajstić information content (AvgIpc) is 2.85. The Kier molecular flexibility index (Phi) is 5.28. The highest BCUT2D eigenvalue weighted by Gasteiger charge is 2.18. The molecule has 0 radical (unpaired) electrons. The van der Waals surface area contributed by atoms with E-state index in [9.17, 15) is 0 Å². The summed E-state index contributed by atoms with van der Waals surface area (Å²) in [6.45, 7) is 6.13. The number of nitrogens with zero attached hydrogens (tertiary/aromatic N) is 2. The van der Waals surface area contributed by atoms with Crippen molar-refractivity contribution in [1.29, 1.82) is 0 Å². The van der Waals surface area contributed by atoms with Gasteiger partial charge in [-0.1, -0.05) is 0 Å². The second-order valence-electron chi connectivity index (χ2n) is 5.34. The van der Waals surface area contributed by atoms with Gasteiger partial charge in [0.2, 0.25) is 0 Å². The Morgan fingerprint density at radius 2 is 2.00 bits per heavy atom. The summed E-state index contributed by atoms with van der Waals surface area (Å²) in [6, 6.07) is 0. The minimum atomic E-state index is 0.328. The third-order valence-corrected chi connectivity index (χ3v) is 3.75. The Bertz CT molecular complexity index is 391. The molecule has 106 valence electrons. The van der Waals surface area contributed by atoms with Crippen molar-refractivity contribution >= 4 is 0 Å². The van der Waals surface area contributed by atoms with Gasteiger partial charge in [0.1, 0.15) is 5.82 Å². The standard InChI is InChI=1S/C15H25N3O/c1-11-14(7-4-8-16-3)12(2)18-15(17-11)10-13-6-5-9-19-13/h13,16H,4-10H2,1-3H3. The van der Waals surface area contributed by atoms with Gasteiger partial charge < -0.3 is 10.1 Å². The first kappa shape index (κ1) is 14.4. The first-order valence-corrected chi connectivity index (χ1v) is 7.30. The van der Waals surface area contributed by atoms with Crippen LogP contribution in [0.3, 0.4) is 0 Å². The van der Waals surface area contributed by atoms with Crippen LogP contribution in [0.1, 0.15) is 42.0 Å². The van der Waals surface area contributed by atoms with Gasteiger partial charge >= 0.3 is 0 Å². The topological polar surface area (TPSA) is 47.0 Å². The quantitative estimate of drug-likeness (QED) is 0.797. The highest BCUT2D eigenvalue weighted by atomic mass is 16.5. The fraction of sp³-hybridized carbons (Fsp3) is 0.733. The predicted octanol–water partition coefficient (Wildman–Crippen LogP) is 1.97. The number of nitrogens with one attached hydrogen (secondary N) is 1. The monoisotopic (exact) mass is 263 g/mol. The van der Waals surface area contributed by atoms with E-state index in [1.54, 1.807) is 0 Å². The van der Waals surface area contributed by atoms with Gasteiger partial charge in [0, 0.05) is 24.4 Å². The van der Waals surface area contributed by atoms with Crippen LogP contribution in [0.15, 0.2) is 0 Å². The SMILES string of the molecule is CNCCCc1c(C)nc(CC2CCCO2)nc1C. The lowest BCUT2D eigenvalue weighted by atomic mass is 10.1. The fourth-order valence-corrected chi connectivity index (χ4v) is 2.71. The van der Waals surface area contributed by atoms with Crippen molar-refractivity contribution in [3.05, 3.63) is 22.8 Å². The Labute approximate surface area is 116 Å². The molecule has 1 unspecified atom stereocenters. The van der Waals surface area contributed by atoms with Gasteiger partial charge in [-0.05, 0) is 58.7 Å². The van der Waals surface area contributed by atoms with E-state index in [0.717, 1.165) is 56.0 Å². The van der Waals surface area contributed by atoms with Gasteiger partial charge in [0.15, 0.2) is 0 Å². The van der Waals surface area contributed by atoms with Crippen LogP contribution >= 0.6 is 0 Å². The summed E-state index contributed by atoms with van der Waals surface area (Å²) in [5.74, 6) is 0.944. The van der Waals surface area contributed by atoms with E-state index >= 15 is 0 Å². The van der Waals surface area contributed by atoms with Crippen LogP contribution in [0, 0.1) is 13.8 Å². The van der Waals surface area contributed by atoms with Gasteiger partial charge in [0.05, 0.1) is 6.10 Å². The number of ether oxygens (including phenoxy) is 1. The molecule has 19 heavy (non-hydrogen) atoms. The van der Waals surface area contributed by atoms with Crippen molar-refractivity contribution in [3.63, 3.8) is 0 Å². The Morgan fingerprint density at radius 1 is 1.26 bits per heavy atom. The highest BCUT2D eigenvalue weighted by Crippen LogP contribution is 2.18. The largest absolute Gasteiger partial charge is 0.378 e. The predicted molar refractivity (Wildman–Crippen MR) is 76.4 cm³/mol. The number of hydrogen-bond acceptors (Lipinski definition) is 4. The number of aromatic nitrogens is 2. The Morgan fingerprint density at radius 3 is 2.58 bits per heavy atom. The summed E-state index contributed by atoms with van der Waals surface area (Å²) in [7, 11) is 1.99. The maximum atomic E-state index is 5.66. The van der Waals surface area contributed by atoms with Crippen LogP contribution in [0.5, 0.6) is 0 Å². The second-order valence-corrected chi connectivity index (χ2v) is 5.34. The lowest BCUT2D eigenvalue weighted by Crippen LogP contribution is -2.15. The van der Waals surface area contributed by atoms with Crippen molar-refractivity contribution in [1.82, 2.24) is 15.3 Å². The molecule has 1 aliphatic heterocycles. The number of hydrogen-bond donors (Lipinski definition) is 1. The molecule has 1 aromatic rings. The molecule has 0 bridgehead atoms. The van der Waals surface area contributed by atoms with E-state index in [0.29, 0.717) is 6.10 Å². The third kappa shape index (κ3) is 3.98. The molecular weight excluding hydrogens is 238 g/mol. The van der Waals surface area contributed by atoms with E-state index in [1.807, 2.05) is 7.05 Å². The summed E-state index contributed by atoms with van der Waals surface area (Å²) in [5.41, 5.74) is 3.58. The molecule has 1 fully saturated rings. The van der Waals surface area contributed by atoms with E-state index in [4.69, 9.17) is 4.74 Å². The van der Waals surface area contributed by atoms with E-state index in [-0.39, 0.29) is 0 Å². The smallest absolute Gasteiger partial charge is 0.131 e. The summed E-state index contributed by atoms with van der Waals surface area (Å²) in [6.07, 6.45) is 5.69. The van der Waals surface area contributed by atoms with Crippen molar-refractivity contribution in [2.45, 2.75) is 52.1 Å². The van der Waals surface area contributed by atoms with Gasteiger partial charge in [0.25, 0.3) is 0 Å². The molecule has 4 heteroatoms. The second kappa shape index (κ2) is 6.96. The summed E-state index contributed by atoms with van der Waals surface area (Å²) in [5, 5.41) is 3.18. The van der Waals surface area contributed by atoms with Gasteiger partial charge in [-0.25, -0.2) is 9.97 Å². The van der Waals surface area contributed by atoms with Crippen LogP contribution in [-0.2, 0) is 17.6 Å². The highest BCUT2D eigenvalue weighted by molar-refractivity contribution is 5.24. The minimum absolute atomic E-state index is 0.328. The van der Waals surface area contributed by atoms with Crippen molar-refractivity contribution in [2.75, 3.05) is 20.2 Å². The maximum absolute atomic E-state index is 5.66. The Balaban J connectivity index is 2.02. The molecule has 0 amide bonds. The number of rotatable bonds is 6. The molecule has 0 saturated carbocycles. The molecule has 1 saturated heterocycles. The molecule has 0 aromatic carbocycles. The molecule has 2 heterocycles. The first-order valence-electron chi connectivity index (χ1n) is 7.30. The van der Waals surface area contributed by atoms with Gasteiger partial charge in [-0.2, -0.15) is 0 Å². The first-order chi connectivity index (χ1) is 9.20. The zero-order valence-electron chi connectivity index (χ0n) is 12.3. The normalized spacial score (nSPS) is 19.0. The summed E-state index contributed by atoms with van der Waals surface area (Å²) in [4.78, 5) is 9.33. The third-order valence-electron chi connectivity index (χ3n) is 3.75. The van der Waals surface area contributed by atoms with Crippen LogP contribution in [-0.4, -0.2) is 36.3 Å². The average molecular weight is 263 g/mol. The van der Waals surface area contributed by atoms with Crippen LogP contribution in [0.25, 0.3) is 0 Å². The van der Waals surface area contributed by atoms with Crippen molar-refractivity contribution in [3.8, 4) is 0 Å². The van der Waals surface area contributed by atoms with Crippen LogP contribution in [0.4, 0.5) is 0 Å². The summed E-state index contributed by atoms with van der Waals surface area (Å²) < 4.78 is 5.66. The number of aryl methyl sites for hydroxylation is 2. The molecule has 4 nitrogen and oxygen atoms in total. The molecule has 1 atom stereocenters. The molecule has 0 aliphatic carbocycles. The van der Waals surface area contributed by atoms with Gasteiger partial charge in [-0.15, -0.1) is 0 Å². The van der Waals surface area contributed by atoms with Gasteiger partial charge in [-0.3, -0.25) is 0 Å². The molecule has 1 aliphatic rings. The summed E-state index contributed by atoms with van der Waals surface area (Å²) >= 11 is 0. The molecule has 0 spiro atoms. The van der Waals surface area contributed by atoms with Crippen LogP contribution in [0.2, 0.25) is 0 Å². The zero-order chi connectivity index (χ0) is 13.7. The zero-order valence-corrected chi connectivity index (χ0v) is 12.3. The molecule has 2 rings (SSSR count). The van der Waals surface area contributed by atoms with Crippen molar-refractivity contribution in [2.24, 2.45) is 0 Å². The van der Waals surface area contributed by atoms with E-state index in [2.05, 4.69) is 29.1 Å². The molecular formula is C15H25N3O. The lowest BCUT2D eigenvalue weighted by Gasteiger charge is -2.13. The van der Waals surface area contributed by atoms with E-state index in [1.165, 1.54) is 12.0 Å². The Hall–Kier alpha value is -1.00. The van der Waals surface area contributed by atoms with E-state index < -0.39 is 0 Å².